The number of anilines is 1. The van der Waals surface area contributed by atoms with Crippen LogP contribution in [0.4, 0.5) is 5.69 Å². The molecule has 0 spiro atoms. The zero-order valence-corrected chi connectivity index (χ0v) is 14.4. The smallest absolute Gasteiger partial charge is 0.243 e. The van der Waals surface area contributed by atoms with Crippen molar-refractivity contribution in [1.29, 1.82) is 0 Å². The molecule has 0 aliphatic heterocycles. The van der Waals surface area contributed by atoms with Crippen molar-refractivity contribution in [3.05, 3.63) is 24.3 Å². The van der Waals surface area contributed by atoms with E-state index in [1.54, 1.807) is 12.1 Å². The van der Waals surface area contributed by atoms with E-state index in [9.17, 15) is 9.36 Å². The lowest BCUT2D eigenvalue weighted by atomic mass is 10.3. The van der Waals surface area contributed by atoms with Gasteiger partial charge in [-0.3, -0.25) is 14.8 Å². The largest absolute Gasteiger partial charge is 0.378 e. The first-order chi connectivity index (χ1) is 9.42. The van der Waals surface area contributed by atoms with Crippen LogP contribution in [0.15, 0.2) is 24.3 Å². The molecule has 1 atom stereocenters. The SMILES string of the molecule is CN(C)c1ccc(P(=O)(CC(=O)NN)OCCCl)cc1.Cl. The van der Waals surface area contributed by atoms with E-state index in [-0.39, 0.29) is 31.1 Å². The Hall–Kier alpha value is -0.780. The summed E-state index contributed by atoms with van der Waals surface area (Å²) in [5.74, 6) is 4.70. The van der Waals surface area contributed by atoms with Gasteiger partial charge < -0.3 is 9.42 Å². The summed E-state index contributed by atoms with van der Waals surface area (Å²) in [5, 5.41) is 0.469. The van der Waals surface area contributed by atoms with Gasteiger partial charge in [-0.1, -0.05) is 0 Å². The fourth-order valence-electron chi connectivity index (χ4n) is 1.61. The molecule has 9 heteroatoms. The zero-order chi connectivity index (χ0) is 15.2. The van der Waals surface area contributed by atoms with Gasteiger partial charge in [-0.15, -0.1) is 24.0 Å². The number of nitrogens with zero attached hydrogens (tertiary/aromatic N) is 1. The molecular formula is C12H20Cl2N3O3P. The van der Waals surface area contributed by atoms with Crippen LogP contribution >= 0.6 is 31.4 Å². The first kappa shape index (κ1) is 20.2. The molecule has 1 amide bonds. The van der Waals surface area contributed by atoms with Crippen molar-refractivity contribution in [2.45, 2.75) is 0 Å². The zero-order valence-electron chi connectivity index (χ0n) is 11.9. The van der Waals surface area contributed by atoms with Gasteiger partial charge in [-0.2, -0.15) is 0 Å². The molecule has 1 rings (SSSR count). The monoisotopic (exact) mass is 355 g/mol. The minimum Gasteiger partial charge on any atom is -0.378 e. The quantitative estimate of drug-likeness (QED) is 0.253. The molecule has 0 aliphatic carbocycles. The van der Waals surface area contributed by atoms with Crippen LogP contribution < -0.4 is 21.5 Å². The molecule has 0 saturated carbocycles. The van der Waals surface area contributed by atoms with Gasteiger partial charge in [0.25, 0.3) is 0 Å². The molecule has 0 aliphatic rings. The molecule has 0 saturated heterocycles. The molecule has 6 nitrogen and oxygen atoms in total. The van der Waals surface area contributed by atoms with Crippen LogP contribution in [0.5, 0.6) is 0 Å². The standard InChI is InChI=1S/C12H19ClN3O3P.ClH/c1-16(2)10-3-5-11(6-4-10)20(18,19-8-7-13)9-12(17)15-14;/h3-6H,7-9,14H2,1-2H3,(H,15,17);1H. The van der Waals surface area contributed by atoms with E-state index in [0.29, 0.717) is 5.30 Å². The van der Waals surface area contributed by atoms with Crippen molar-refractivity contribution in [3.63, 3.8) is 0 Å². The number of rotatable bonds is 7. The number of alkyl halides is 1. The lowest BCUT2D eigenvalue weighted by Crippen LogP contribution is -2.34. The number of halogens is 2. The number of carbonyl (C=O) groups is 1. The van der Waals surface area contributed by atoms with E-state index in [2.05, 4.69) is 0 Å². The summed E-state index contributed by atoms with van der Waals surface area (Å²) in [6.07, 6.45) is -0.304. The minimum atomic E-state index is -3.31. The molecule has 0 fully saturated rings. The number of hydrogen-bond acceptors (Lipinski definition) is 5. The van der Waals surface area contributed by atoms with E-state index in [0.717, 1.165) is 5.69 Å². The third kappa shape index (κ3) is 5.85. The van der Waals surface area contributed by atoms with Crippen molar-refractivity contribution < 1.29 is 13.9 Å². The molecule has 3 N–H and O–H groups in total. The van der Waals surface area contributed by atoms with Gasteiger partial charge in [0, 0.05) is 31.0 Å². The summed E-state index contributed by atoms with van der Waals surface area (Å²) < 4.78 is 18.1. The van der Waals surface area contributed by atoms with E-state index in [1.807, 2.05) is 36.6 Å². The minimum absolute atomic E-state index is 0. The van der Waals surface area contributed by atoms with E-state index < -0.39 is 13.3 Å². The Balaban J connectivity index is 0.00000400. The van der Waals surface area contributed by atoms with Crippen LogP contribution in [-0.2, 0) is 13.9 Å². The summed E-state index contributed by atoms with van der Waals surface area (Å²) in [7, 11) is 0.501. The highest BCUT2D eigenvalue weighted by Crippen LogP contribution is 2.45. The van der Waals surface area contributed by atoms with Gasteiger partial charge in [0.1, 0.15) is 6.16 Å². The second kappa shape index (κ2) is 9.28. The topological polar surface area (TPSA) is 84.7 Å². The number of nitrogens with two attached hydrogens (primary N) is 1. The fourth-order valence-corrected chi connectivity index (χ4v) is 3.67. The van der Waals surface area contributed by atoms with Gasteiger partial charge in [-0.05, 0) is 24.3 Å². The molecule has 0 bridgehead atoms. The fraction of sp³-hybridized carbons (Fsp3) is 0.417. The van der Waals surface area contributed by atoms with Crippen molar-refractivity contribution in [3.8, 4) is 0 Å². The van der Waals surface area contributed by atoms with Crippen LogP contribution in [-0.4, -0.2) is 38.7 Å². The Morgan fingerprint density at radius 3 is 2.38 bits per heavy atom. The second-order valence-corrected chi connectivity index (χ2v) is 7.15. The van der Waals surface area contributed by atoms with E-state index in [4.69, 9.17) is 22.0 Å². The number of hydrazine groups is 1. The molecule has 120 valence electrons. The van der Waals surface area contributed by atoms with Crippen LogP contribution in [0.2, 0.25) is 0 Å². The number of carbonyl (C=O) groups excluding carboxylic acids is 1. The number of benzene rings is 1. The van der Waals surface area contributed by atoms with Crippen molar-refractivity contribution in [1.82, 2.24) is 5.43 Å². The first-order valence-corrected chi connectivity index (χ1v) is 8.34. The predicted molar refractivity (Wildman–Crippen MR) is 89.1 cm³/mol. The summed E-state index contributed by atoms with van der Waals surface area (Å²) in [6, 6.07) is 7.00. The molecule has 1 unspecified atom stereocenters. The third-order valence-corrected chi connectivity index (χ3v) is 5.19. The highest BCUT2D eigenvalue weighted by Gasteiger charge is 2.29. The average Bonchev–Trinajstić information content (AvgIpc) is 2.45. The number of nitrogens with one attached hydrogen (secondary N) is 1. The average molecular weight is 356 g/mol. The first-order valence-electron chi connectivity index (χ1n) is 6.00. The summed E-state index contributed by atoms with van der Waals surface area (Å²) in [6.45, 7) is 0.103. The van der Waals surface area contributed by atoms with E-state index in [1.165, 1.54) is 0 Å². The van der Waals surface area contributed by atoms with Crippen LogP contribution in [0, 0.1) is 0 Å². The Bertz CT molecular complexity index is 497. The lowest BCUT2D eigenvalue weighted by molar-refractivity contribution is -0.118. The molecule has 1 aromatic carbocycles. The van der Waals surface area contributed by atoms with Crippen molar-refractivity contribution in [2.75, 3.05) is 37.6 Å². The summed E-state index contributed by atoms with van der Waals surface area (Å²) in [5.41, 5.74) is 2.92. The molecule has 1 aromatic rings. The molecule has 0 heterocycles. The highest BCUT2D eigenvalue weighted by molar-refractivity contribution is 7.67. The Morgan fingerprint density at radius 2 is 1.95 bits per heavy atom. The van der Waals surface area contributed by atoms with Crippen LogP contribution in [0.25, 0.3) is 0 Å². The van der Waals surface area contributed by atoms with Crippen LogP contribution in [0.1, 0.15) is 0 Å². The maximum absolute atomic E-state index is 12.8. The Labute approximate surface area is 135 Å². The van der Waals surface area contributed by atoms with Crippen molar-refractivity contribution >= 4 is 48.3 Å². The Morgan fingerprint density at radius 1 is 1.38 bits per heavy atom. The Kier molecular flexibility index (Phi) is 8.94. The van der Waals surface area contributed by atoms with Crippen molar-refractivity contribution in [2.24, 2.45) is 5.84 Å². The summed E-state index contributed by atoms with van der Waals surface area (Å²) >= 11 is 5.55. The number of hydrogen-bond donors (Lipinski definition) is 2. The second-order valence-electron chi connectivity index (χ2n) is 4.33. The maximum Gasteiger partial charge on any atom is 0.243 e. The number of amides is 1. The van der Waals surface area contributed by atoms with Gasteiger partial charge in [-0.25, -0.2) is 5.84 Å². The predicted octanol–water partition coefficient (Wildman–Crippen LogP) is 1.32. The van der Waals surface area contributed by atoms with Gasteiger partial charge in [0.15, 0.2) is 0 Å². The lowest BCUT2D eigenvalue weighted by Gasteiger charge is -2.19. The van der Waals surface area contributed by atoms with Crippen LogP contribution in [0.3, 0.4) is 0 Å². The molecular weight excluding hydrogens is 336 g/mol. The van der Waals surface area contributed by atoms with Gasteiger partial charge in [0.2, 0.25) is 13.3 Å². The highest BCUT2D eigenvalue weighted by atomic mass is 35.5. The normalized spacial score (nSPS) is 13.0. The van der Waals surface area contributed by atoms with E-state index >= 15 is 0 Å². The molecule has 21 heavy (non-hydrogen) atoms. The summed E-state index contributed by atoms with van der Waals surface area (Å²) in [4.78, 5) is 13.3. The molecule has 0 aromatic heterocycles. The third-order valence-electron chi connectivity index (χ3n) is 2.65. The van der Waals surface area contributed by atoms with Gasteiger partial charge >= 0.3 is 0 Å². The molecule has 0 radical (unpaired) electrons. The maximum atomic E-state index is 12.8. The van der Waals surface area contributed by atoms with Gasteiger partial charge in [0.05, 0.1) is 6.61 Å².